The molecular formula is C13H12N6. The van der Waals surface area contributed by atoms with E-state index in [4.69, 9.17) is 5.26 Å². The van der Waals surface area contributed by atoms with Crippen molar-refractivity contribution in [2.24, 2.45) is 0 Å². The van der Waals surface area contributed by atoms with Crippen molar-refractivity contribution < 1.29 is 0 Å². The number of imidazole rings is 1. The van der Waals surface area contributed by atoms with Gasteiger partial charge in [0.25, 0.3) is 0 Å². The van der Waals surface area contributed by atoms with Crippen LogP contribution < -0.4 is 0 Å². The molecule has 0 unspecified atom stereocenters. The van der Waals surface area contributed by atoms with Gasteiger partial charge in [-0.3, -0.25) is 4.57 Å². The highest BCUT2D eigenvalue weighted by Gasteiger charge is 2.17. The lowest BCUT2D eigenvalue weighted by atomic mass is 10.0. The summed E-state index contributed by atoms with van der Waals surface area (Å²) in [6.07, 6.45) is 4.53. The number of aryl methyl sites for hydroxylation is 1. The largest absolute Gasteiger partial charge is 0.273 e. The number of rotatable bonds is 3. The lowest BCUT2D eigenvalue weighted by Gasteiger charge is -2.10. The van der Waals surface area contributed by atoms with Crippen molar-refractivity contribution in [2.45, 2.75) is 26.7 Å². The van der Waals surface area contributed by atoms with E-state index in [1.54, 1.807) is 6.20 Å². The van der Waals surface area contributed by atoms with E-state index in [-0.39, 0.29) is 5.82 Å². The minimum Gasteiger partial charge on any atom is -0.273 e. The highest BCUT2D eigenvalue weighted by Crippen LogP contribution is 2.20. The molecule has 0 saturated carbocycles. The second-order valence-electron chi connectivity index (χ2n) is 3.88. The van der Waals surface area contributed by atoms with Crippen LogP contribution in [0.1, 0.15) is 36.5 Å². The fraction of sp³-hybridized carbons (Fsp3) is 0.308. The molecule has 2 heterocycles. The third kappa shape index (κ3) is 2.04. The van der Waals surface area contributed by atoms with Crippen molar-refractivity contribution in [2.75, 3.05) is 0 Å². The Morgan fingerprint density at radius 3 is 2.53 bits per heavy atom. The summed E-state index contributed by atoms with van der Waals surface area (Å²) in [5.41, 5.74) is 2.16. The van der Waals surface area contributed by atoms with Gasteiger partial charge in [-0.1, -0.05) is 13.8 Å². The molecule has 0 amide bonds. The van der Waals surface area contributed by atoms with Crippen LogP contribution >= 0.6 is 0 Å². The van der Waals surface area contributed by atoms with Gasteiger partial charge in [-0.25, -0.2) is 4.98 Å². The molecule has 0 atom stereocenters. The molecule has 6 nitrogen and oxygen atoms in total. The zero-order valence-corrected chi connectivity index (χ0v) is 10.8. The third-order valence-corrected chi connectivity index (χ3v) is 2.91. The van der Waals surface area contributed by atoms with Crippen LogP contribution in [0.4, 0.5) is 0 Å². The van der Waals surface area contributed by atoms with Crippen LogP contribution in [-0.4, -0.2) is 19.7 Å². The molecule has 0 spiro atoms. The van der Waals surface area contributed by atoms with Gasteiger partial charge < -0.3 is 0 Å². The molecule has 19 heavy (non-hydrogen) atoms. The molecule has 0 fully saturated rings. The Balaban J connectivity index is 2.73. The zero-order chi connectivity index (χ0) is 13.8. The lowest BCUT2D eigenvalue weighted by Crippen LogP contribution is -2.10. The monoisotopic (exact) mass is 252 g/mol. The SMILES string of the molecule is CCc1nnc(-n2ccnc2C#N)c(C#N)c1CC. The number of nitriles is 2. The van der Waals surface area contributed by atoms with Gasteiger partial charge in [0.1, 0.15) is 17.7 Å². The minimum absolute atomic E-state index is 0.192. The molecule has 0 radical (unpaired) electrons. The van der Waals surface area contributed by atoms with Gasteiger partial charge in [0.2, 0.25) is 5.82 Å². The van der Waals surface area contributed by atoms with Crippen LogP contribution in [0.25, 0.3) is 5.82 Å². The van der Waals surface area contributed by atoms with Gasteiger partial charge in [-0.2, -0.15) is 15.6 Å². The van der Waals surface area contributed by atoms with E-state index >= 15 is 0 Å². The topological polar surface area (TPSA) is 91.2 Å². The van der Waals surface area contributed by atoms with Gasteiger partial charge in [-0.15, -0.1) is 5.10 Å². The van der Waals surface area contributed by atoms with E-state index in [1.807, 2.05) is 19.9 Å². The van der Waals surface area contributed by atoms with Crippen molar-refractivity contribution in [3.8, 4) is 18.0 Å². The van der Waals surface area contributed by atoms with Crippen molar-refractivity contribution in [3.05, 3.63) is 35.0 Å². The normalized spacial score (nSPS) is 9.89. The first-order chi connectivity index (χ1) is 9.26. The fourth-order valence-corrected chi connectivity index (χ4v) is 2.01. The van der Waals surface area contributed by atoms with Gasteiger partial charge in [-0.05, 0) is 18.4 Å². The average molecular weight is 252 g/mol. The Hall–Kier alpha value is -2.73. The van der Waals surface area contributed by atoms with Gasteiger partial charge in [0.05, 0.1) is 5.69 Å². The minimum atomic E-state index is 0.192. The molecule has 0 aliphatic rings. The summed E-state index contributed by atoms with van der Waals surface area (Å²) in [4.78, 5) is 3.91. The van der Waals surface area contributed by atoms with E-state index in [1.165, 1.54) is 10.8 Å². The van der Waals surface area contributed by atoms with Gasteiger partial charge in [0, 0.05) is 12.4 Å². The first kappa shape index (κ1) is 12.7. The summed E-state index contributed by atoms with van der Waals surface area (Å²) in [6, 6.07) is 4.14. The number of hydrogen-bond donors (Lipinski definition) is 0. The first-order valence-corrected chi connectivity index (χ1v) is 5.99. The van der Waals surface area contributed by atoms with Crippen molar-refractivity contribution in [3.63, 3.8) is 0 Å². The van der Waals surface area contributed by atoms with Crippen LogP contribution in [-0.2, 0) is 12.8 Å². The summed E-state index contributed by atoms with van der Waals surface area (Å²) < 4.78 is 1.49. The predicted octanol–water partition coefficient (Wildman–Crippen LogP) is 1.53. The van der Waals surface area contributed by atoms with E-state index in [2.05, 4.69) is 21.3 Å². The quantitative estimate of drug-likeness (QED) is 0.826. The molecule has 0 saturated heterocycles. The Morgan fingerprint density at radius 1 is 1.16 bits per heavy atom. The van der Waals surface area contributed by atoms with Crippen LogP contribution in [0.5, 0.6) is 0 Å². The number of hydrogen-bond acceptors (Lipinski definition) is 5. The van der Waals surface area contributed by atoms with E-state index in [9.17, 15) is 5.26 Å². The fourth-order valence-electron chi connectivity index (χ4n) is 2.01. The second kappa shape index (κ2) is 5.28. The van der Waals surface area contributed by atoms with Crippen molar-refractivity contribution >= 4 is 0 Å². The maximum absolute atomic E-state index is 9.38. The molecule has 0 aliphatic heterocycles. The summed E-state index contributed by atoms with van der Waals surface area (Å²) in [7, 11) is 0. The maximum atomic E-state index is 9.38. The average Bonchev–Trinajstić information content (AvgIpc) is 2.93. The van der Waals surface area contributed by atoms with Gasteiger partial charge >= 0.3 is 0 Å². The Morgan fingerprint density at radius 2 is 1.95 bits per heavy atom. The molecule has 2 aromatic heterocycles. The summed E-state index contributed by atoms with van der Waals surface area (Å²) in [5, 5.41) is 26.6. The van der Waals surface area contributed by atoms with Crippen molar-refractivity contribution in [1.82, 2.24) is 19.7 Å². The summed E-state index contributed by atoms with van der Waals surface area (Å²) in [5.74, 6) is 0.558. The Kier molecular flexibility index (Phi) is 3.53. The molecule has 2 rings (SSSR count). The van der Waals surface area contributed by atoms with E-state index in [0.717, 1.165) is 17.7 Å². The molecule has 94 valence electrons. The Bertz CT molecular complexity index is 686. The van der Waals surface area contributed by atoms with Crippen LogP contribution in [0.15, 0.2) is 12.4 Å². The van der Waals surface area contributed by atoms with E-state index in [0.29, 0.717) is 17.8 Å². The van der Waals surface area contributed by atoms with Crippen molar-refractivity contribution in [1.29, 1.82) is 10.5 Å². The summed E-state index contributed by atoms with van der Waals surface area (Å²) in [6.45, 7) is 3.95. The van der Waals surface area contributed by atoms with Crippen LogP contribution in [0.3, 0.4) is 0 Å². The molecule has 0 aliphatic carbocycles. The summed E-state index contributed by atoms with van der Waals surface area (Å²) >= 11 is 0. The maximum Gasteiger partial charge on any atom is 0.218 e. The number of nitrogens with zero attached hydrogens (tertiary/aromatic N) is 6. The highest BCUT2D eigenvalue weighted by atomic mass is 15.2. The molecule has 6 heteroatoms. The first-order valence-electron chi connectivity index (χ1n) is 5.99. The zero-order valence-electron chi connectivity index (χ0n) is 10.8. The standard InChI is InChI=1S/C13H12N6/c1-3-9-10(7-14)13(18-17-11(9)4-2)19-6-5-16-12(19)8-15/h5-6H,3-4H2,1-2H3. The van der Waals surface area contributed by atoms with Gasteiger partial charge in [0.15, 0.2) is 5.82 Å². The van der Waals surface area contributed by atoms with E-state index < -0.39 is 0 Å². The molecule has 0 N–H and O–H groups in total. The highest BCUT2D eigenvalue weighted by molar-refractivity contribution is 5.51. The molecule has 0 bridgehead atoms. The van der Waals surface area contributed by atoms with Crippen LogP contribution in [0.2, 0.25) is 0 Å². The third-order valence-electron chi connectivity index (χ3n) is 2.91. The lowest BCUT2D eigenvalue weighted by molar-refractivity contribution is 0.824. The predicted molar refractivity (Wildman–Crippen MR) is 67.3 cm³/mol. The number of aromatic nitrogens is 4. The molecular weight excluding hydrogens is 240 g/mol. The second-order valence-corrected chi connectivity index (χ2v) is 3.88. The molecule has 2 aromatic rings. The Labute approximate surface area is 111 Å². The smallest absolute Gasteiger partial charge is 0.218 e. The van der Waals surface area contributed by atoms with Crippen LogP contribution in [0, 0.1) is 22.7 Å². The molecule has 0 aromatic carbocycles.